The van der Waals surface area contributed by atoms with Crippen LogP contribution in [0.3, 0.4) is 0 Å². The van der Waals surface area contributed by atoms with Crippen LogP contribution in [0.25, 0.3) is 0 Å². The smallest absolute Gasteiger partial charge is 0.309 e. The van der Waals surface area contributed by atoms with E-state index in [-0.39, 0.29) is 24.3 Å². The number of hydrogen-bond acceptors (Lipinski definition) is 3. The van der Waals surface area contributed by atoms with Crippen LogP contribution in [0.5, 0.6) is 0 Å². The van der Waals surface area contributed by atoms with E-state index in [0.29, 0.717) is 0 Å². The Bertz CT molecular complexity index is 524. The minimum Gasteiger partial charge on any atom is -0.481 e. The van der Waals surface area contributed by atoms with Crippen molar-refractivity contribution in [1.29, 1.82) is 0 Å². The molecule has 0 aliphatic carbocycles. The van der Waals surface area contributed by atoms with E-state index in [0.717, 1.165) is 11.3 Å². The molecule has 0 aliphatic heterocycles. The monoisotopic (exact) mass is 292 g/mol. The predicted molar refractivity (Wildman–Crippen MR) is 80.7 cm³/mol. The topological polar surface area (TPSA) is 79.3 Å². The van der Waals surface area contributed by atoms with Crippen molar-refractivity contribution in [1.82, 2.24) is 10.3 Å². The maximum Gasteiger partial charge on any atom is 0.309 e. The van der Waals surface area contributed by atoms with Gasteiger partial charge in [-0.15, -0.1) is 0 Å². The lowest BCUT2D eigenvalue weighted by atomic mass is 9.88. The van der Waals surface area contributed by atoms with Crippen LogP contribution in [-0.4, -0.2) is 22.0 Å². The van der Waals surface area contributed by atoms with Crippen molar-refractivity contribution in [2.75, 3.05) is 0 Å². The molecule has 5 heteroatoms. The van der Waals surface area contributed by atoms with Crippen molar-refractivity contribution >= 4 is 11.9 Å². The van der Waals surface area contributed by atoms with Crippen molar-refractivity contribution < 1.29 is 14.7 Å². The van der Waals surface area contributed by atoms with Crippen molar-refractivity contribution in [2.24, 2.45) is 11.3 Å². The Balaban J connectivity index is 2.88. The summed E-state index contributed by atoms with van der Waals surface area (Å²) in [5.41, 5.74) is 0.757. The number of aryl methyl sites for hydroxylation is 1. The third-order valence-electron chi connectivity index (χ3n) is 3.51. The summed E-state index contributed by atoms with van der Waals surface area (Å²) in [5.74, 6) is -1.09. The van der Waals surface area contributed by atoms with Crippen LogP contribution < -0.4 is 5.32 Å². The van der Waals surface area contributed by atoms with Crippen molar-refractivity contribution in [3.8, 4) is 0 Å². The maximum atomic E-state index is 12.2. The summed E-state index contributed by atoms with van der Waals surface area (Å²) < 4.78 is 0. The second kappa shape index (κ2) is 6.70. The molecule has 116 valence electrons. The van der Waals surface area contributed by atoms with Crippen LogP contribution >= 0.6 is 0 Å². The Morgan fingerprint density at radius 2 is 2.00 bits per heavy atom. The highest BCUT2D eigenvalue weighted by Crippen LogP contribution is 2.25. The summed E-state index contributed by atoms with van der Waals surface area (Å²) in [4.78, 5) is 27.6. The van der Waals surface area contributed by atoms with E-state index in [1.54, 1.807) is 20.0 Å². The van der Waals surface area contributed by atoms with Gasteiger partial charge in [0.2, 0.25) is 5.91 Å². The van der Waals surface area contributed by atoms with Gasteiger partial charge in [-0.3, -0.25) is 14.6 Å². The molecule has 0 radical (unpaired) electrons. The first-order valence-corrected chi connectivity index (χ1v) is 7.09. The molecule has 0 saturated carbocycles. The number of rotatable bonds is 6. The zero-order valence-electron chi connectivity index (χ0n) is 13.3. The Labute approximate surface area is 125 Å². The summed E-state index contributed by atoms with van der Waals surface area (Å²) >= 11 is 0. The number of aromatic nitrogens is 1. The van der Waals surface area contributed by atoms with Crippen LogP contribution in [0.2, 0.25) is 0 Å². The molecule has 0 aromatic carbocycles. The van der Waals surface area contributed by atoms with Crippen molar-refractivity contribution in [2.45, 2.75) is 47.1 Å². The number of amides is 1. The Hall–Kier alpha value is -1.91. The summed E-state index contributed by atoms with van der Waals surface area (Å²) in [6.07, 6.45) is 1.64. The molecule has 2 N–H and O–H groups in total. The van der Waals surface area contributed by atoms with Crippen LogP contribution in [0.15, 0.2) is 18.3 Å². The quantitative estimate of drug-likeness (QED) is 0.845. The zero-order chi connectivity index (χ0) is 16.2. The van der Waals surface area contributed by atoms with Crippen LogP contribution in [0.1, 0.15) is 51.4 Å². The van der Waals surface area contributed by atoms with Crippen molar-refractivity contribution in [3.05, 3.63) is 29.6 Å². The summed E-state index contributed by atoms with van der Waals surface area (Å²) in [7, 11) is 0. The highest BCUT2D eigenvalue weighted by atomic mass is 16.4. The molecule has 1 rings (SSSR count). The van der Waals surface area contributed by atoms with E-state index in [1.807, 2.05) is 32.9 Å². The fourth-order valence-electron chi connectivity index (χ4n) is 2.08. The van der Waals surface area contributed by atoms with E-state index in [2.05, 4.69) is 10.3 Å². The van der Waals surface area contributed by atoms with Gasteiger partial charge in [0.25, 0.3) is 0 Å². The molecule has 1 amide bonds. The first-order valence-electron chi connectivity index (χ1n) is 7.09. The summed E-state index contributed by atoms with van der Waals surface area (Å²) in [6.45, 7) is 9.05. The Kier molecular flexibility index (Phi) is 5.47. The number of carboxylic acid groups (broad SMARTS) is 1. The number of hydrogen-bond donors (Lipinski definition) is 2. The maximum absolute atomic E-state index is 12.2. The van der Waals surface area contributed by atoms with E-state index >= 15 is 0 Å². The van der Waals surface area contributed by atoms with Gasteiger partial charge in [-0.2, -0.15) is 0 Å². The minimum atomic E-state index is -1.08. The van der Waals surface area contributed by atoms with E-state index in [4.69, 9.17) is 5.11 Å². The first-order chi connectivity index (χ1) is 9.65. The molecule has 1 heterocycles. The molecule has 0 aliphatic rings. The molecule has 0 bridgehead atoms. The molecule has 1 unspecified atom stereocenters. The molecule has 5 nitrogen and oxygen atoms in total. The normalized spacial score (nSPS) is 13.0. The lowest BCUT2D eigenvalue weighted by molar-refractivity contribution is -0.149. The molecule has 1 aromatic rings. The number of carboxylic acids is 1. The molecule has 0 saturated heterocycles. The average molecular weight is 292 g/mol. The number of aliphatic carboxylic acids is 1. The molecule has 0 spiro atoms. The van der Waals surface area contributed by atoms with Crippen LogP contribution in [0.4, 0.5) is 0 Å². The predicted octanol–water partition coefficient (Wildman–Crippen LogP) is 2.70. The summed E-state index contributed by atoms with van der Waals surface area (Å²) in [6, 6.07) is 3.58. The number of nitrogens with zero attached hydrogens (tertiary/aromatic N) is 1. The molecule has 0 fully saturated rings. The van der Waals surface area contributed by atoms with Gasteiger partial charge in [0, 0.05) is 12.6 Å². The zero-order valence-corrected chi connectivity index (χ0v) is 13.3. The van der Waals surface area contributed by atoms with Gasteiger partial charge in [-0.25, -0.2) is 0 Å². The standard InChI is InChI=1S/C16H24N2O3/c1-10(2)13(14-11(3)7-6-8-17-14)18-12(19)9-16(4,5)15(20)21/h6-8,10,13H,9H2,1-5H3,(H,18,19)(H,20,21). The molecule has 21 heavy (non-hydrogen) atoms. The van der Waals surface area contributed by atoms with Gasteiger partial charge < -0.3 is 10.4 Å². The van der Waals surface area contributed by atoms with Gasteiger partial charge in [-0.1, -0.05) is 19.9 Å². The lowest BCUT2D eigenvalue weighted by Crippen LogP contribution is -2.37. The molecular weight excluding hydrogens is 268 g/mol. The molecular formula is C16H24N2O3. The van der Waals surface area contributed by atoms with Gasteiger partial charge in [0.05, 0.1) is 17.2 Å². The summed E-state index contributed by atoms with van der Waals surface area (Å²) in [5, 5.41) is 12.0. The Morgan fingerprint density at radius 1 is 1.38 bits per heavy atom. The van der Waals surface area contributed by atoms with Gasteiger partial charge >= 0.3 is 5.97 Å². The largest absolute Gasteiger partial charge is 0.481 e. The molecule has 1 atom stereocenters. The number of carbonyl (C=O) groups excluding carboxylic acids is 1. The number of pyridine rings is 1. The van der Waals surface area contributed by atoms with E-state index in [1.165, 1.54) is 0 Å². The van der Waals surface area contributed by atoms with Crippen LogP contribution in [-0.2, 0) is 9.59 Å². The second-order valence-electron chi connectivity index (χ2n) is 6.36. The fraction of sp³-hybridized carbons (Fsp3) is 0.562. The van der Waals surface area contributed by atoms with E-state index < -0.39 is 11.4 Å². The first kappa shape index (κ1) is 17.1. The van der Waals surface area contributed by atoms with Crippen molar-refractivity contribution in [3.63, 3.8) is 0 Å². The second-order valence-corrected chi connectivity index (χ2v) is 6.36. The third-order valence-corrected chi connectivity index (χ3v) is 3.51. The highest BCUT2D eigenvalue weighted by molar-refractivity contribution is 5.84. The Morgan fingerprint density at radius 3 is 2.48 bits per heavy atom. The SMILES string of the molecule is Cc1cccnc1C(NC(=O)CC(C)(C)C(=O)O)C(C)C. The third kappa shape index (κ3) is 4.55. The molecule has 1 aromatic heterocycles. The van der Waals surface area contributed by atoms with Gasteiger partial charge in [0.15, 0.2) is 0 Å². The fourth-order valence-corrected chi connectivity index (χ4v) is 2.08. The number of nitrogens with one attached hydrogen (secondary N) is 1. The van der Waals surface area contributed by atoms with Gasteiger partial charge in [0.1, 0.15) is 0 Å². The lowest BCUT2D eigenvalue weighted by Gasteiger charge is -2.25. The minimum absolute atomic E-state index is 0.0581. The van der Waals surface area contributed by atoms with Gasteiger partial charge in [-0.05, 0) is 38.3 Å². The number of carbonyl (C=O) groups is 2. The highest BCUT2D eigenvalue weighted by Gasteiger charge is 2.31. The average Bonchev–Trinajstić information content (AvgIpc) is 2.36. The van der Waals surface area contributed by atoms with E-state index in [9.17, 15) is 9.59 Å². The van der Waals surface area contributed by atoms with Crippen LogP contribution in [0, 0.1) is 18.3 Å².